The highest BCUT2D eigenvalue weighted by atomic mass is 32.2. The lowest BCUT2D eigenvalue weighted by Crippen LogP contribution is -2.41. The SMILES string of the molecule is CN(C)CC1CC(O)CN1S(=O)(=O)c1cc(N)ccc1F. The second-order valence-corrected chi connectivity index (χ2v) is 7.43. The Morgan fingerprint density at radius 3 is 2.76 bits per heavy atom. The van der Waals surface area contributed by atoms with Crippen molar-refractivity contribution < 1.29 is 17.9 Å². The first kappa shape index (κ1) is 16.2. The molecule has 2 unspecified atom stereocenters. The predicted molar refractivity (Wildman–Crippen MR) is 77.7 cm³/mol. The second kappa shape index (κ2) is 5.88. The van der Waals surface area contributed by atoms with Crippen LogP contribution in [0.5, 0.6) is 0 Å². The Morgan fingerprint density at radius 2 is 2.14 bits per heavy atom. The zero-order valence-corrected chi connectivity index (χ0v) is 12.8. The van der Waals surface area contributed by atoms with Crippen molar-refractivity contribution >= 4 is 15.7 Å². The van der Waals surface area contributed by atoms with Gasteiger partial charge in [-0.3, -0.25) is 0 Å². The molecule has 1 aliphatic rings. The second-order valence-electron chi connectivity index (χ2n) is 5.57. The Labute approximate surface area is 124 Å². The molecule has 0 bridgehead atoms. The quantitative estimate of drug-likeness (QED) is 0.769. The molecule has 1 heterocycles. The molecule has 0 radical (unpaired) electrons. The summed E-state index contributed by atoms with van der Waals surface area (Å²) in [6, 6.07) is 3.07. The number of benzene rings is 1. The number of β-amino-alcohol motifs (C(OH)–C–C–N with tert-alkyl or cyclic N) is 1. The van der Waals surface area contributed by atoms with E-state index >= 15 is 0 Å². The smallest absolute Gasteiger partial charge is 0.246 e. The molecule has 1 aliphatic heterocycles. The summed E-state index contributed by atoms with van der Waals surface area (Å²) in [7, 11) is -0.396. The molecule has 0 aromatic heterocycles. The van der Waals surface area contributed by atoms with E-state index in [0.29, 0.717) is 13.0 Å². The van der Waals surface area contributed by atoms with Crippen LogP contribution in [0.2, 0.25) is 0 Å². The molecule has 1 fully saturated rings. The van der Waals surface area contributed by atoms with Gasteiger partial charge in [0.05, 0.1) is 6.10 Å². The normalized spacial score (nSPS) is 23.9. The van der Waals surface area contributed by atoms with E-state index in [0.717, 1.165) is 16.4 Å². The minimum atomic E-state index is -4.03. The van der Waals surface area contributed by atoms with Crippen LogP contribution in [0.3, 0.4) is 0 Å². The maximum absolute atomic E-state index is 13.9. The molecular formula is C13H20FN3O3S. The van der Waals surface area contributed by atoms with E-state index in [4.69, 9.17) is 5.73 Å². The van der Waals surface area contributed by atoms with Crippen molar-refractivity contribution in [1.82, 2.24) is 9.21 Å². The van der Waals surface area contributed by atoms with Crippen LogP contribution in [0.15, 0.2) is 23.1 Å². The standard InChI is InChI=1S/C13H20FN3O3S/c1-16(2)7-10-6-11(18)8-17(10)21(19,20)13-5-9(15)3-4-12(13)14/h3-5,10-11,18H,6-8,15H2,1-2H3. The summed E-state index contributed by atoms with van der Waals surface area (Å²) in [5.41, 5.74) is 5.74. The van der Waals surface area contributed by atoms with Gasteiger partial charge in [0.15, 0.2) is 0 Å². The summed E-state index contributed by atoms with van der Waals surface area (Å²) >= 11 is 0. The van der Waals surface area contributed by atoms with E-state index in [1.807, 2.05) is 19.0 Å². The number of halogens is 1. The summed E-state index contributed by atoms with van der Waals surface area (Å²) in [4.78, 5) is 1.39. The number of anilines is 1. The van der Waals surface area contributed by atoms with Gasteiger partial charge in [-0.05, 0) is 38.7 Å². The first-order valence-electron chi connectivity index (χ1n) is 6.61. The average Bonchev–Trinajstić information content (AvgIpc) is 2.73. The third-order valence-electron chi connectivity index (χ3n) is 3.46. The summed E-state index contributed by atoms with van der Waals surface area (Å²) in [6.45, 7) is 0.426. The lowest BCUT2D eigenvalue weighted by atomic mass is 10.2. The Bertz CT molecular complexity index is 621. The Hall–Kier alpha value is -1.22. The number of hydrogen-bond donors (Lipinski definition) is 2. The van der Waals surface area contributed by atoms with Crippen LogP contribution >= 0.6 is 0 Å². The Balaban J connectivity index is 2.39. The number of nitrogens with two attached hydrogens (primary N) is 1. The third kappa shape index (κ3) is 3.34. The maximum atomic E-state index is 13.9. The topological polar surface area (TPSA) is 86.9 Å². The highest BCUT2D eigenvalue weighted by Gasteiger charge is 2.40. The molecule has 1 saturated heterocycles. The number of rotatable bonds is 4. The molecule has 2 rings (SSSR count). The molecule has 21 heavy (non-hydrogen) atoms. The van der Waals surface area contributed by atoms with Gasteiger partial charge in [0.25, 0.3) is 0 Å². The van der Waals surface area contributed by atoms with Gasteiger partial charge in [0.1, 0.15) is 10.7 Å². The number of nitrogens with zero attached hydrogens (tertiary/aromatic N) is 2. The molecule has 0 amide bonds. The van der Waals surface area contributed by atoms with E-state index in [1.165, 1.54) is 6.07 Å². The van der Waals surface area contributed by atoms with E-state index in [-0.39, 0.29) is 18.3 Å². The minimum absolute atomic E-state index is 0.0327. The fraction of sp³-hybridized carbons (Fsp3) is 0.538. The first-order chi connectivity index (χ1) is 9.71. The molecule has 0 saturated carbocycles. The number of hydrogen-bond acceptors (Lipinski definition) is 5. The van der Waals surface area contributed by atoms with Crippen LogP contribution in [0.4, 0.5) is 10.1 Å². The monoisotopic (exact) mass is 317 g/mol. The van der Waals surface area contributed by atoms with E-state index in [1.54, 1.807) is 0 Å². The van der Waals surface area contributed by atoms with Crippen LogP contribution in [-0.2, 0) is 10.0 Å². The molecular weight excluding hydrogens is 297 g/mol. The van der Waals surface area contributed by atoms with Gasteiger partial charge in [-0.25, -0.2) is 12.8 Å². The maximum Gasteiger partial charge on any atom is 0.246 e. The van der Waals surface area contributed by atoms with Gasteiger partial charge in [-0.1, -0.05) is 0 Å². The van der Waals surface area contributed by atoms with E-state index in [9.17, 15) is 17.9 Å². The zero-order chi connectivity index (χ0) is 15.8. The van der Waals surface area contributed by atoms with Gasteiger partial charge in [-0.15, -0.1) is 0 Å². The molecule has 1 aromatic rings. The largest absolute Gasteiger partial charge is 0.399 e. The van der Waals surface area contributed by atoms with Crippen molar-refractivity contribution in [2.24, 2.45) is 0 Å². The van der Waals surface area contributed by atoms with Crippen LogP contribution < -0.4 is 5.73 Å². The van der Waals surface area contributed by atoms with Crippen molar-refractivity contribution in [1.29, 1.82) is 0 Å². The molecule has 8 heteroatoms. The number of likely N-dealkylation sites (N-methyl/N-ethyl adjacent to an activating group) is 1. The van der Waals surface area contributed by atoms with Crippen LogP contribution in [0, 0.1) is 5.82 Å². The van der Waals surface area contributed by atoms with Crippen molar-refractivity contribution in [2.75, 3.05) is 32.9 Å². The summed E-state index contributed by atoms with van der Waals surface area (Å²) in [5, 5.41) is 9.77. The molecule has 6 nitrogen and oxygen atoms in total. The highest BCUT2D eigenvalue weighted by molar-refractivity contribution is 7.89. The first-order valence-corrected chi connectivity index (χ1v) is 8.05. The van der Waals surface area contributed by atoms with Gasteiger partial charge in [0, 0.05) is 24.8 Å². The van der Waals surface area contributed by atoms with Crippen molar-refractivity contribution in [3.05, 3.63) is 24.0 Å². The van der Waals surface area contributed by atoms with E-state index < -0.39 is 26.8 Å². The average molecular weight is 317 g/mol. The molecule has 2 atom stereocenters. The van der Waals surface area contributed by atoms with E-state index in [2.05, 4.69) is 0 Å². The van der Waals surface area contributed by atoms with Crippen LogP contribution in [-0.4, -0.2) is 62.1 Å². The number of sulfonamides is 1. The molecule has 0 spiro atoms. The Kier molecular flexibility index (Phi) is 4.52. The van der Waals surface area contributed by atoms with Crippen molar-refractivity contribution in [3.8, 4) is 0 Å². The summed E-state index contributed by atoms with van der Waals surface area (Å²) in [6.07, 6.45) is -0.407. The van der Waals surface area contributed by atoms with Crippen LogP contribution in [0.25, 0.3) is 0 Å². The lowest BCUT2D eigenvalue weighted by Gasteiger charge is -2.26. The minimum Gasteiger partial charge on any atom is -0.399 e. The highest BCUT2D eigenvalue weighted by Crippen LogP contribution is 2.29. The third-order valence-corrected chi connectivity index (χ3v) is 5.39. The molecule has 118 valence electrons. The Morgan fingerprint density at radius 1 is 1.48 bits per heavy atom. The van der Waals surface area contributed by atoms with Gasteiger partial charge in [0.2, 0.25) is 10.0 Å². The number of nitrogen functional groups attached to an aromatic ring is 1. The van der Waals surface area contributed by atoms with Crippen LogP contribution in [0.1, 0.15) is 6.42 Å². The summed E-state index contributed by atoms with van der Waals surface area (Å²) in [5.74, 6) is -0.839. The van der Waals surface area contributed by atoms with Crippen molar-refractivity contribution in [2.45, 2.75) is 23.5 Å². The molecule has 1 aromatic carbocycles. The molecule has 0 aliphatic carbocycles. The summed E-state index contributed by atoms with van der Waals surface area (Å²) < 4.78 is 40.3. The van der Waals surface area contributed by atoms with Crippen molar-refractivity contribution in [3.63, 3.8) is 0 Å². The fourth-order valence-corrected chi connectivity index (χ4v) is 4.35. The van der Waals surface area contributed by atoms with Gasteiger partial charge < -0.3 is 15.7 Å². The number of aliphatic hydroxyl groups is 1. The zero-order valence-electron chi connectivity index (χ0n) is 12.0. The molecule has 3 N–H and O–H groups in total. The number of aliphatic hydroxyl groups excluding tert-OH is 1. The lowest BCUT2D eigenvalue weighted by molar-refractivity contribution is 0.188. The van der Waals surface area contributed by atoms with Gasteiger partial charge in [-0.2, -0.15) is 4.31 Å². The fourth-order valence-electron chi connectivity index (χ4n) is 2.59. The predicted octanol–water partition coefficient (Wildman–Crippen LogP) is 0.0934. The van der Waals surface area contributed by atoms with Gasteiger partial charge >= 0.3 is 0 Å².